The Labute approximate surface area is 170 Å². The molecule has 0 bridgehead atoms. The van der Waals surface area contributed by atoms with Gasteiger partial charge in [0.15, 0.2) is 0 Å². The molecule has 0 saturated heterocycles. The molecule has 154 valence electrons. The molecule has 0 spiro atoms. The number of hydrogen-bond donors (Lipinski definition) is 1. The molecular formula is C25H38N2O. The number of fused-ring (bicyclic) bond motifs is 1. The van der Waals surface area contributed by atoms with E-state index in [0.29, 0.717) is 6.42 Å². The largest absolute Gasteiger partial charge is 0.344 e. The predicted octanol–water partition coefficient (Wildman–Crippen LogP) is 5.89. The summed E-state index contributed by atoms with van der Waals surface area (Å²) in [4.78, 5) is 10.7. The van der Waals surface area contributed by atoms with E-state index < -0.39 is 0 Å². The quantitative estimate of drug-likeness (QED) is 0.632. The number of nitrogens with zero attached hydrogens (tertiary/aromatic N) is 1. The molecule has 2 fully saturated rings. The summed E-state index contributed by atoms with van der Waals surface area (Å²) in [5.74, 6) is 0.814. The van der Waals surface area contributed by atoms with Gasteiger partial charge in [0.1, 0.15) is 6.29 Å². The Balaban J connectivity index is 0.000000236. The Hall–Kier alpha value is -1.61. The normalized spacial score (nSPS) is 18.6. The van der Waals surface area contributed by atoms with Crippen LogP contribution >= 0.6 is 0 Å². The SMILES string of the molecule is CNC1CCCCC1.O=CCCc1cc2ccccc2n1CC1CCCCC1. The standard InChI is InChI=1S/C18H23NO.C7H15N/c20-12-6-10-17-13-16-9-4-5-11-18(16)19(17)14-15-7-2-1-3-8-15;1-8-7-5-3-2-4-6-7/h4-5,9,11-13,15H,1-3,6-8,10,14H2;7-8H,2-6H2,1H3. The van der Waals surface area contributed by atoms with Crippen molar-refractivity contribution in [3.8, 4) is 0 Å². The van der Waals surface area contributed by atoms with Crippen LogP contribution in [0.3, 0.4) is 0 Å². The number of para-hydroxylation sites is 1. The molecule has 1 aromatic heterocycles. The second-order valence-corrected chi connectivity index (χ2v) is 8.64. The first-order valence-electron chi connectivity index (χ1n) is 11.5. The monoisotopic (exact) mass is 382 g/mol. The van der Waals surface area contributed by atoms with Crippen molar-refractivity contribution in [3.05, 3.63) is 36.0 Å². The number of carbonyl (C=O) groups is 1. The average molecular weight is 383 g/mol. The van der Waals surface area contributed by atoms with Gasteiger partial charge in [0.05, 0.1) is 0 Å². The second-order valence-electron chi connectivity index (χ2n) is 8.64. The molecule has 28 heavy (non-hydrogen) atoms. The van der Waals surface area contributed by atoms with Crippen molar-refractivity contribution in [1.29, 1.82) is 0 Å². The Bertz CT molecular complexity index is 708. The second kappa shape index (κ2) is 11.4. The molecule has 0 unspecified atom stereocenters. The van der Waals surface area contributed by atoms with Gasteiger partial charge in [-0.3, -0.25) is 0 Å². The molecule has 0 atom stereocenters. The molecule has 1 heterocycles. The van der Waals surface area contributed by atoms with Crippen LogP contribution in [0.5, 0.6) is 0 Å². The zero-order chi connectivity index (χ0) is 19.6. The van der Waals surface area contributed by atoms with Crippen LogP contribution in [-0.2, 0) is 17.8 Å². The molecule has 1 N–H and O–H groups in total. The Morgan fingerprint density at radius 2 is 1.68 bits per heavy atom. The van der Waals surface area contributed by atoms with E-state index in [-0.39, 0.29) is 0 Å². The summed E-state index contributed by atoms with van der Waals surface area (Å²) in [6, 6.07) is 11.7. The highest BCUT2D eigenvalue weighted by Gasteiger charge is 2.17. The van der Waals surface area contributed by atoms with Gasteiger partial charge in [-0.15, -0.1) is 0 Å². The Morgan fingerprint density at radius 3 is 2.32 bits per heavy atom. The van der Waals surface area contributed by atoms with Gasteiger partial charge in [-0.2, -0.15) is 0 Å². The van der Waals surface area contributed by atoms with Gasteiger partial charge >= 0.3 is 0 Å². The van der Waals surface area contributed by atoms with E-state index in [4.69, 9.17) is 0 Å². The summed E-state index contributed by atoms with van der Waals surface area (Å²) >= 11 is 0. The maximum atomic E-state index is 10.7. The lowest BCUT2D eigenvalue weighted by Crippen LogP contribution is -2.26. The summed E-state index contributed by atoms with van der Waals surface area (Å²) in [7, 11) is 2.07. The number of aldehydes is 1. The minimum Gasteiger partial charge on any atom is -0.344 e. The van der Waals surface area contributed by atoms with E-state index in [1.165, 1.54) is 80.8 Å². The van der Waals surface area contributed by atoms with Crippen LogP contribution in [0, 0.1) is 5.92 Å². The smallest absolute Gasteiger partial charge is 0.120 e. The summed E-state index contributed by atoms with van der Waals surface area (Å²) < 4.78 is 2.47. The molecule has 3 nitrogen and oxygen atoms in total. The number of carbonyl (C=O) groups excluding carboxylic acids is 1. The molecular weight excluding hydrogens is 344 g/mol. The number of nitrogens with one attached hydrogen (secondary N) is 1. The number of rotatable bonds is 6. The van der Waals surface area contributed by atoms with E-state index in [0.717, 1.165) is 31.2 Å². The van der Waals surface area contributed by atoms with Gasteiger partial charge in [0.25, 0.3) is 0 Å². The maximum Gasteiger partial charge on any atom is 0.120 e. The van der Waals surface area contributed by atoms with E-state index in [1.54, 1.807) is 0 Å². The van der Waals surface area contributed by atoms with Crippen molar-refractivity contribution < 1.29 is 4.79 Å². The van der Waals surface area contributed by atoms with Crippen LogP contribution in [0.4, 0.5) is 0 Å². The molecule has 0 amide bonds. The fraction of sp³-hybridized carbons (Fsp3) is 0.640. The molecule has 2 aliphatic carbocycles. The lowest BCUT2D eigenvalue weighted by atomic mass is 9.89. The third-order valence-electron chi connectivity index (χ3n) is 6.59. The van der Waals surface area contributed by atoms with E-state index >= 15 is 0 Å². The third kappa shape index (κ3) is 5.94. The van der Waals surface area contributed by atoms with Crippen LogP contribution in [0.2, 0.25) is 0 Å². The number of benzene rings is 1. The van der Waals surface area contributed by atoms with E-state index in [9.17, 15) is 4.79 Å². The summed E-state index contributed by atoms with van der Waals surface area (Å²) in [5, 5.41) is 4.61. The van der Waals surface area contributed by atoms with Crippen LogP contribution in [-0.4, -0.2) is 23.9 Å². The van der Waals surface area contributed by atoms with Gasteiger partial charge in [-0.1, -0.05) is 56.7 Å². The summed E-state index contributed by atoms with van der Waals surface area (Å²) in [5.41, 5.74) is 2.66. The van der Waals surface area contributed by atoms with Crippen LogP contribution < -0.4 is 5.32 Å². The molecule has 1 aromatic carbocycles. The average Bonchev–Trinajstić information content (AvgIpc) is 3.11. The first kappa shape index (κ1) is 21.1. The highest BCUT2D eigenvalue weighted by molar-refractivity contribution is 5.81. The van der Waals surface area contributed by atoms with Crippen molar-refractivity contribution in [1.82, 2.24) is 9.88 Å². The van der Waals surface area contributed by atoms with Gasteiger partial charge in [0, 0.05) is 30.2 Å². The minimum atomic E-state index is 0.626. The van der Waals surface area contributed by atoms with Crippen molar-refractivity contribution in [3.63, 3.8) is 0 Å². The molecule has 3 heteroatoms. The van der Waals surface area contributed by atoms with Gasteiger partial charge < -0.3 is 14.7 Å². The first-order valence-corrected chi connectivity index (χ1v) is 11.5. The zero-order valence-electron chi connectivity index (χ0n) is 17.7. The topological polar surface area (TPSA) is 34.0 Å². The number of hydrogen-bond acceptors (Lipinski definition) is 2. The maximum absolute atomic E-state index is 10.7. The molecule has 2 aromatic rings. The molecule has 0 radical (unpaired) electrons. The lowest BCUT2D eigenvalue weighted by molar-refractivity contribution is -0.107. The molecule has 0 aliphatic heterocycles. The predicted molar refractivity (Wildman–Crippen MR) is 119 cm³/mol. The summed E-state index contributed by atoms with van der Waals surface area (Å²) in [6.45, 7) is 1.13. The van der Waals surface area contributed by atoms with Crippen molar-refractivity contribution >= 4 is 17.2 Å². The minimum absolute atomic E-state index is 0.626. The highest BCUT2D eigenvalue weighted by Crippen LogP contribution is 2.28. The Kier molecular flexibility index (Phi) is 8.60. The van der Waals surface area contributed by atoms with Gasteiger partial charge in [0.2, 0.25) is 0 Å². The summed E-state index contributed by atoms with van der Waals surface area (Å²) in [6.07, 6.45) is 16.5. The molecule has 2 saturated carbocycles. The van der Waals surface area contributed by atoms with Gasteiger partial charge in [-0.25, -0.2) is 0 Å². The van der Waals surface area contributed by atoms with Crippen LogP contribution in [0.15, 0.2) is 30.3 Å². The Morgan fingerprint density at radius 1 is 1.00 bits per heavy atom. The fourth-order valence-electron chi connectivity index (χ4n) is 4.92. The van der Waals surface area contributed by atoms with E-state index in [1.807, 2.05) is 0 Å². The highest BCUT2D eigenvalue weighted by atomic mass is 16.1. The molecule has 4 rings (SSSR count). The van der Waals surface area contributed by atoms with Crippen molar-refractivity contribution in [2.24, 2.45) is 5.92 Å². The van der Waals surface area contributed by atoms with Crippen molar-refractivity contribution in [2.45, 2.75) is 89.6 Å². The lowest BCUT2D eigenvalue weighted by Gasteiger charge is -2.23. The number of aromatic nitrogens is 1. The number of aryl methyl sites for hydroxylation is 1. The zero-order valence-corrected chi connectivity index (χ0v) is 17.7. The molecule has 2 aliphatic rings. The third-order valence-corrected chi connectivity index (χ3v) is 6.59. The van der Waals surface area contributed by atoms with Crippen LogP contribution in [0.1, 0.15) is 76.3 Å². The van der Waals surface area contributed by atoms with Crippen molar-refractivity contribution in [2.75, 3.05) is 7.05 Å². The van der Waals surface area contributed by atoms with Crippen LogP contribution in [0.25, 0.3) is 10.9 Å². The van der Waals surface area contributed by atoms with Gasteiger partial charge in [-0.05, 0) is 62.6 Å². The first-order chi connectivity index (χ1) is 13.8. The van der Waals surface area contributed by atoms with E-state index in [2.05, 4.69) is 47.3 Å². The fourth-order valence-corrected chi connectivity index (χ4v) is 4.92.